The van der Waals surface area contributed by atoms with Crippen LogP contribution >= 0.6 is 0 Å². The molecule has 1 spiro atoms. The summed E-state index contributed by atoms with van der Waals surface area (Å²) in [6, 6.07) is 10.1. The van der Waals surface area contributed by atoms with Crippen molar-refractivity contribution in [3.63, 3.8) is 0 Å². The number of carbonyl (C=O) groups excluding carboxylic acids is 1. The third kappa shape index (κ3) is 3.61. The van der Waals surface area contributed by atoms with Crippen molar-refractivity contribution < 1.29 is 9.53 Å². The number of ether oxygens (including phenoxy) is 1. The van der Waals surface area contributed by atoms with Crippen LogP contribution in [-0.4, -0.2) is 34.9 Å². The number of nitrogens with one attached hydrogen (secondary N) is 1. The largest absolute Gasteiger partial charge is 0.381 e. The number of hydrogen-bond donors (Lipinski definition) is 1. The van der Waals surface area contributed by atoms with Gasteiger partial charge in [-0.1, -0.05) is 18.2 Å². The molecule has 1 N–H and O–H groups in total. The molecule has 132 valence electrons. The summed E-state index contributed by atoms with van der Waals surface area (Å²) in [5, 5.41) is 7.51. The maximum Gasteiger partial charge on any atom is 0.254 e. The normalized spacial score (nSPS) is 20.5. The van der Waals surface area contributed by atoms with Crippen LogP contribution in [0.2, 0.25) is 0 Å². The summed E-state index contributed by atoms with van der Waals surface area (Å²) >= 11 is 0. The lowest BCUT2D eigenvalue weighted by Gasteiger charge is -2.42. The smallest absolute Gasteiger partial charge is 0.254 e. The van der Waals surface area contributed by atoms with Crippen molar-refractivity contribution >= 4 is 5.91 Å². The SMILES string of the molecule is O=C(NC1CCC2(CCOCC2)CC1)c1cnn(-c2ccccc2)c1. The van der Waals surface area contributed by atoms with E-state index in [4.69, 9.17) is 4.74 Å². The van der Waals surface area contributed by atoms with Gasteiger partial charge in [0.1, 0.15) is 0 Å². The van der Waals surface area contributed by atoms with E-state index in [9.17, 15) is 4.79 Å². The number of aromatic nitrogens is 2. The number of rotatable bonds is 3. The van der Waals surface area contributed by atoms with E-state index in [0.29, 0.717) is 11.0 Å². The van der Waals surface area contributed by atoms with Gasteiger partial charge in [-0.05, 0) is 56.1 Å². The van der Waals surface area contributed by atoms with Gasteiger partial charge in [-0.3, -0.25) is 4.79 Å². The first-order valence-corrected chi connectivity index (χ1v) is 9.23. The Morgan fingerprint density at radius 2 is 1.84 bits per heavy atom. The van der Waals surface area contributed by atoms with Crippen molar-refractivity contribution in [3.05, 3.63) is 48.3 Å². The Balaban J connectivity index is 1.34. The number of carbonyl (C=O) groups is 1. The molecule has 1 amide bonds. The fraction of sp³-hybridized carbons (Fsp3) is 0.500. The first-order valence-electron chi connectivity index (χ1n) is 9.23. The summed E-state index contributed by atoms with van der Waals surface area (Å²) in [7, 11) is 0. The van der Waals surface area contributed by atoms with Crippen molar-refractivity contribution in [1.29, 1.82) is 0 Å². The Morgan fingerprint density at radius 3 is 2.56 bits per heavy atom. The first-order chi connectivity index (χ1) is 12.2. The number of para-hydroxylation sites is 1. The highest BCUT2D eigenvalue weighted by atomic mass is 16.5. The lowest BCUT2D eigenvalue weighted by molar-refractivity contribution is -0.00901. The molecular weight excluding hydrogens is 314 g/mol. The average molecular weight is 339 g/mol. The molecule has 2 aromatic rings. The molecule has 0 atom stereocenters. The molecule has 1 saturated heterocycles. The predicted octanol–water partition coefficient (Wildman–Crippen LogP) is 3.34. The summed E-state index contributed by atoms with van der Waals surface area (Å²) in [6.07, 6.45) is 10.3. The molecule has 2 fully saturated rings. The van der Waals surface area contributed by atoms with E-state index in [1.165, 1.54) is 25.7 Å². The minimum atomic E-state index is -0.0184. The molecule has 1 aromatic carbocycles. The summed E-state index contributed by atoms with van der Waals surface area (Å²) in [5.74, 6) is -0.0184. The van der Waals surface area contributed by atoms with Gasteiger partial charge in [0.15, 0.2) is 0 Å². The Labute approximate surface area is 148 Å². The van der Waals surface area contributed by atoms with Crippen LogP contribution in [0.15, 0.2) is 42.7 Å². The van der Waals surface area contributed by atoms with Gasteiger partial charge >= 0.3 is 0 Å². The van der Waals surface area contributed by atoms with Gasteiger partial charge in [-0.2, -0.15) is 5.10 Å². The second-order valence-corrected chi connectivity index (χ2v) is 7.37. The molecule has 2 aliphatic rings. The topological polar surface area (TPSA) is 56.1 Å². The van der Waals surface area contributed by atoms with Crippen LogP contribution < -0.4 is 5.32 Å². The molecule has 25 heavy (non-hydrogen) atoms. The van der Waals surface area contributed by atoms with Crippen molar-refractivity contribution in [2.75, 3.05) is 13.2 Å². The van der Waals surface area contributed by atoms with E-state index in [-0.39, 0.29) is 11.9 Å². The molecule has 1 aromatic heterocycles. The van der Waals surface area contributed by atoms with Gasteiger partial charge in [-0.25, -0.2) is 4.68 Å². The fourth-order valence-corrected chi connectivity index (χ4v) is 4.11. The zero-order valence-corrected chi connectivity index (χ0v) is 14.5. The Bertz CT molecular complexity index is 710. The van der Waals surface area contributed by atoms with Gasteiger partial charge in [-0.15, -0.1) is 0 Å². The lowest BCUT2D eigenvalue weighted by Crippen LogP contribution is -2.42. The molecule has 0 radical (unpaired) electrons. The maximum atomic E-state index is 12.5. The fourth-order valence-electron chi connectivity index (χ4n) is 4.11. The van der Waals surface area contributed by atoms with Crippen LogP contribution in [-0.2, 0) is 4.74 Å². The predicted molar refractivity (Wildman–Crippen MR) is 95.8 cm³/mol. The molecule has 2 heterocycles. The lowest BCUT2D eigenvalue weighted by atomic mass is 9.68. The first kappa shape index (κ1) is 16.3. The van der Waals surface area contributed by atoms with Crippen LogP contribution in [0.1, 0.15) is 48.9 Å². The zero-order valence-electron chi connectivity index (χ0n) is 14.5. The molecule has 1 aliphatic carbocycles. The van der Waals surface area contributed by atoms with Crippen LogP contribution in [0.4, 0.5) is 0 Å². The van der Waals surface area contributed by atoms with E-state index in [0.717, 1.165) is 31.7 Å². The van der Waals surface area contributed by atoms with Crippen molar-refractivity contribution in [1.82, 2.24) is 15.1 Å². The maximum absolute atomic E-state index is 12.5. The van der Waals surface area contributed by atoms with Crippen molar-refractivity contribution in [2.24, 2.45) is 5.41 Å². The van der Waals surface area contributed by atoms with Gasteiger partial charge in [0.25, 0.3) is 5.91 Å². The second-order valence-electron chi connectivity index (χ2n) is 7.37. The van der Waals surface area contributed by atoms with E-state index >= 15 is 0 Å². The quantitative estimate of drug-likeness (QED) is 0.933. The number of nitrogens with zero attached hydrogens (tertiary/aromatic N) is 2. The number of hydrogen-bond acceptors (Lipinski definition) is 3. The molecule has 5 heteroatoms. The standard InChI is InChI=1S/C20H25N3O2/c24-19(16-14-21-23(15-16)18-4-2-1-3-5-18)22-17-6-8-20(9-7-17)10-12-25-13-11-20/h1-5,14-15,17H,6-13H2,(H,22,24). The third-order valence-electron chi connectivity index (χ3n) is 5.80. The molecule has 5 nitrogen and oxygen atoms in total. The Hall–Kier alpha value is -2.14. The summed E-state index contributed by atoms with van der Waals surface area (Å²) in [4.78, 5) is 12.5. The molecule has 1 saturated carbocycles. The van der Waals surface area contributed by atoms with E-state index in [1.807, 2.05) is 30.3 Å². The highest BCUT2D eigenvalue weighted by molar-refractivity contribution is 5.94. The van der Waals surface area contributed by atoms with Crippen LogP contribution in [0.3, 0.4) is 0 Å². The number of benzene rings is 1. The molecular formula is C20H25N3O2. The minimum absolute atomic E-state index is 0.0184. The summed E-state index contributed by atoms with van der Waals surface area (Å²) in [5.41, 5.74) is 2.05. The Kier molecular flexibility index (Phi) is 4.57. The second kappa shape index (κ2) is 7.00. The zero-order chi connectivity index (χ0) is 17.1. The van der Waals surface area contributed by atoms with Gasteiger partial charge in [0.05, 0.1) is 17.4 Å². The summed E-state index contributed by atoms with van der Waals surface area (Å²) < 4.78 is 7.25. The van der Waals surface area contributed by atoms with Crippen molar-refractivity contribution in [3.8, 4) is 5.69 Å². The van der Waals surface area contributed by atoms with E-state index in [2.05, 4.69) is 10.4 Å². The summed E-state index contributed by atoms with van der Waals surface area (Å²) in [6.45, 7) is 1.80. The van der Waals surface area contributed by atoms with Crippen LogP contribution in [0.25, 0.3) is 5.69 Å². The molecule has 0 bridgehead atoms. The highest BCUT2D eigenvalue weighted by Gasteiger charge is 2.37. The molecule has 4 rings (SSSR count). The monoisotopic (exact) mass is 339 g/mol. The number of amides is 1. The Morgan fingerprint density at radius 1 is 1.12 bits per heavy atom. The van der Waals surface area contributed by atoms with Gasteiger partial charge in [0.2, 0.25) is 0 Å². The van der Waals surface area contributed by atoms with Crippen LogP contribution in [0, 0.1) is 5.41 Å². The van der Waals surface area contributed by atoms with Gasteiger partial charge in [0, 0.05) is 25.5 Å². The molecule has 1 aliphatic heterocycles. The highest BCUT2D eigenvalue weighted by Crippen LogP contribution is 2.44. The average Bonchev–Trinajstić information content (AvgIpc) is 3.16. The third-order valence-corrected chi connectivity index (χ3v) is 5.80. The van der Waals surface area contributed by atoms with E-state index in [1.54, 1.807) is 17.1 Å². The molecule has 0 unspecified atom stereocenters. The van der Waals surface area contributed by atoms with Gasteiger partial charge < -0.3 is 10.1 Å². The minimum Gasteiger partial charge on any atom is -0.381 e. The van der Waals surface area contributed by atoms with Crippen molar-refractivity contribution in [2.45, 2.75) is 44.6 Å². The van der Waals surface area contributed by atoms with E-state index < -0.39 is 0 Å². The van der Waals surface area contributed by atoms with Crippen LogP contribution in [0.5, 0.6) is 0 Å².